The maximum atomic E-state index is 12.2. The smallest absolute Gasteiger partial charge is 0.251 e. The second-order valence-corrected chi connectivity index (χ2v) is 5.35. The summed E-state index contributed by atoms with van der Waals surface area (Å²) in [7, 11) is 1.65. The van der Waals surface area contributed by atoms with Crippen LogP contribution in [0.3, 0.4) is 0 Å². The van der Waals surface area contributed by atoms with Crippen LogP contribution in [0.1, 0.15) is 54.4 Å². The van der Waals surface area contributed by atoms with E-state index in [1.54, 1.807) is 7.11 Å². The van der Waals surface area contributed by atoms with Crippen LogP contribution >= 0.6 is 0 Å². The molecule has 0 unspecified atom stereocenters. The molecule has 0 heterocycles. The fourth-order valence-electron chi connectivity index (χ4n) is 2.71. The van der Waals surface area contributed by atoms with Crippen molar-refractivity contribution in [2.45, 2.75) is 51.5 Å². The molecule has 0 bridgehead atoms. The summed E-state index contributed by atoms with van der Waals surface area (Å²) in [6, 6.07) is 5.93. The van der Waals surface area contributed by atoms with Crippen molar-refractivity contribution in [3.8, 4) is 5.75 Å². The third kappa shape index (κ3) is 3.72. The molecule has 3 nitrogen and oxygen atoms in total. The molecule has 1 aromatic carbocycles. The monoisotopic (exact) mass is 261 g/mol. The number of nitrogens with one attached hydrogen (secondary N) is 1. The second kappa shape index (κ2) is 6.60. The number of methoxy groups -OCH3 is 1. The van der Waals surface area contributed by atoms with Gasteiger partial charge in [-0.3, -0.25) is 4.79 Å². The zero-order chi connectivity index (χ0) is 13.7. The van der Waals surface area contributed by atoms with E-state index in [0.29, 0.717) is 6.04 Å². The topological polar surface area (TPSA) is 38.3 Å². The Hall–Kier alpha value is -1.51. The first kappa shape index (κ1) is 13.9. The van der Waals surface area contributed by atoms with Gasteiger partial charge >= 0.3 is 0 Å². The first-order chi connectivity index (χ1) is 9.20. The van der Waals surface area contributed by atoms with Gasteiger partial charge in [-0.2, -0.15) is 0 Å². The number of rotatable bonds is 3. The van der Waals surface area contributed by atoms with E-state index in [-0.39, 0.29) is 5.91 Å². The molecule has 0 aliphatic heterocycles. The molecule has 1 aliphatic rings. The third-order valence-electron chi connectivity index (χ3n) is 3.85. The number of carbonyl (C=O) groups excluding carboxylic acids is 1. The van der Waals surface area contributed by atoms with Crippen LogP contribution in [0, 0.1) is 6.92 Å². The van der Waals surface area contributed by atoms with Crippen LogP contribution in [0.2, 0.25) is 0 Å². The molecule has 104 valence electrons. The second-order valence-electron chi connectivity index (χ2n) is 5.35. The number of hydrogen-bond donors (Lipinski definition) is 1. The van der Waals surface area contributed by atoms with Crippen LogP contribution in [-0.2, 0) is 0 Å². The summed E-state index contributed by atoms with van der Waals surface area (Å²) < 4.78 is 5.21. The van der Waals surface area contributed by atoms with Crippen molar-refractivity contribution in [1.82, 2.24) is 5.32 Å². The van der Waals surface area contributed by atoms with Gasteiger partial charge in [0.25, 0.3) is 5.91 Å². The zero-order valence-corrected chi connectivity index (χ0v) is 11.9. The summed E-state index contributed by atoms with van der Waals surface area (Å²) >= 11 is 0. The summed E-state index contributed by atoms with van der Waals surface area (Å²) in [5.74, 6) is 0.865. The third-order valence-corrected chi connectivity index (χ3v) is 3.85. The number of ether oxygens (including phenoxy) is 1. The summed E-state index contributed by atoms with van der Waals surface area (Å²) in [6.07, 6.45) is 7.28. The van der Waals surface area contributed by atoms with Crippen molar-refractivity contribution >= 4 is 5.91 Å². The molecule has 0 saturated heterocycles. The lowest BCUT2D eigenvalue weighted by molar-refractivity contribution is 0.0933. The number of hydrogen-bond acceptors (Lipinski definition) is 2. The van der Waals surface area contributed by atoms with Crippen LogP contribution in [-0.4, -0.2) is 19.1 Å². The highest BCUT2D eigenvalue weighted by atomic mass is 16.5. The normalized spacial score (nSPS) is 16.7. The number of aryl methyl sites for hydroxylation is 1. The fourth-order valence-corrected chi connectivity index (χ4v) is 2.71. The van der Waals surface area contributed by atoms with Gasteiger partial charge in [-0.15, -0.1) is 0 Å². The summed E-state index contributed by atoms with van der Waals surface area (Å²) in [5.41, 5.74) is 1.72. The first-order valence-corrected chi connectivity index (χ1v) is 7.16. The minimum atomic E-state index is 0.0395. The number of amides is 1. The summed E-state index contributed by atoms with van der Waals surface area (Å²) in [5, 5.41) is 3.16. The van der Waals surface area contributed by atoms with Gasteiger partial charge in [-0.25, -0.2) is 0 Å². The van der Waals surface area contributed by atoms with Crippen molar-refractivity contribution in [2.24, 2.45) is 0 Å². The predicted octanol–water partition coefficient (Wildman–Crippen LogP) is 3.46. The molecule has 1 amide bonds. The highest BCUT2D eigenvalue weighted by Gasteiger charge is 2.16. The van der Waals surface area contributed by atoms with Crippen LogP contribution in [0.4, 0.5) is 0 Å². The van der Waals surface area contributed by atoms with Gasteiger partial charge in [0.2, 0.25) is 0 Å². The Bertz CT molecular complexity index is 434. The molecule has 1 fully saturated rings. The lowest BCUT2D eigenvalue weighted by Crippen LogP contribution is -2.34. The maximum Gasteiger partial charge on any atom is 0.251 e. The largest absolute Gasteiger partial charge is 0.496 e. The molecule has 0 aromatic heterocycles. The van der Waals surface area contributed by atoms with Gasteiger partial charge in [0.1, 0.15) is 5.75 Å². The highest BCUT2D eigenvalue weighted by Crippen LogP contribution is 2.20. The molecular weight excluding hydrogens is 238 g/mol. The van der Waals surface area contributed by atoms with Crippen molar-refractivity contribution in [2.75, 3.05) is 7.11 Å². The molecule has 0 atom stereocenters. The summed E-state index contributed by atoms with van der Waals surface area (Å²) in [4.78, 5) is 12.2. The van der Waals surface area contributed by atoms with Crippen molar-refractivity contribution in [3.05, 3.63) is 29.3 Å². The van der Waals surface area contributed by atoms with Crippen molar-refractivity contribution in [3.63, 3.8) is 0 Å². The molecule has 2 rings (SSSR count). The Labute approximate surface area is 115 Å². The Morgan fingerprint density at radius 2 is 1.89 bits per heavy atom. The van der Waals surface area contributed by atoms with Gasteiger partial charge in [0.05, 0.1) is 7.11 Å². The van der Waals surface area contributed by atoms with E-state index in [4.69, 9.17) is 4.74 Å². The Kier molecular flexibility index (Phi) is 4.83. The minimum Gasteiger partial charge on any atom is -0.496 e. The molecule has 3 heteroatoms. The van der Waals surface area contributed by atoms with Gasteiger partial charge in [0.15, 0.2) is 0 Å². The van der Waals surface area contributed by atoms with Crippen LogP contribution in [0.15, 0.2) is 18.2 Å². The molecule has 0 spiro atoms. The maximum absolute atomic E-state index is 12.2. The lowest BCUT2D eigenvalue weighted by atomic mass is 10.1. The minimum absolute atomic E-state index is 0.0395. The Balaban J connectivity index is 2.00. The Morgan fingerprint density at radius 1 is 1.21 bits per heavy atom. The average Bonchev–Trinajstić information content (AvgIpc) is 2.67. The van der Waals surface area contributed by atoms with Gasteiger partial charge in [0, 0.05) is 11.6 Å². The molecule has 19 heavy (non-hydrogen) atoms. The van der Waals surface area contributed by atoms with E-state index < -0.39 is 0 Å². The van der Waals surface area contributed by atoms with Crippen LogP contribution in [0.5, 0.6) is 5.75 Å². The first-order valence-electron chi connectivity index (χ1n) is 7.16. The molecular formula is C16H23NO2. The van der Waals surface area contributed by atoms with Crippen LogP contribution in [0.25, 0.3) is 0 Å². The zero-order valence-electron chi connectivity index (χ0n) is 11.9. The van der Waals surface area contributed by atoms with E-state index in [0.717, 1.165) is 29.7 Å². The predicted molar refractivity (Wildman–Crippen MR) is 76.7 cm³/mol. The molecule has 1 aliphatic carbocycles. The van der Waals surface area contributed by atoms with E-state index >= 15 is 0 Å². The van der Waals surface area contributed by atoms with Crippen molar-refractivity contribution in [1.29, 1.82) is 0 Å². The van der Waals surface area contributed by atoms with E-state index in [1.165, 1.54) is 25.7 Å². The lowest BCUT2D eigenvalue weighted by Gasteiger charge is -2.16. The quantitative estimate of drug-likeness (QED) is 0.846. The molecule has 1 saturated carbocycles. The SMILES string of the molecule is COc1ccc(C(=O)NC2CCCCCC2)cc1C. The molecule has 1 N–H and O–H groups in total. The average molecular weight is 261 g/mol. The molecule has 0 radical (unpaired) electrons. The van der Waals surface area contributed by atoms with Gasteiger partial charge in [-0.05, 0) is 43.5 Å². The van der Waals surface area contributed by atoms with Crippen molar-refractivity contribution < 1.29 is 9.53 Å². The van der Waals surface area contributed by atoms with E-state index in [9.17, 15) is 4.79 Å². The highest BCUT2D eigenvalue weighted by molar-refractivity contribution is 5.94. The molecule has 1 aromatic rings. The van der Waals surface area contributed by atoms with E-state index in [1.807, 2.05) is 25.1 Å². The summed E-state index contributed by atoms with van der Waals surface area (Å²) in [6.45, 7) is 1.96. The van der Waals surface area contributed by atoms with Crippen LogP contribution < -0.4 is 10.1 Å². The number of benzene rings is 1. The van der Waals surface area contributed by atoms with Gasteiger partial charge in [-0.1, -0.05) is 25.7 Å². The fraction of sp³-hybridized carbons (Fsp3) is 0.562. The Morgan fingerprint density at radius 3 is 2.47 bits per heavy atom. The van der Waals surface area contributed by atoms with Gasteiger partial charge < -0.3 is 10.1 Å². The van der Waals surface area contributed by atoms with E-state index in [2.05, 4.69) is 5.32 Å². The number of carbonyl (C=O) groups is 1. The standard InChI is InChI=1S/C16H23NO2/c1-12-11-13(9-10-15(12)19-2)16(18)17-14-7-5-3-4-6-8-14/h9-11,14H,3-8H2,1-2H3,(H,17,18).